The smallest absolute Gasteiger partial charge is 0.272 e. The number of hydrogen-bond donors (Lipinski definition) is 2. The van der Waals surface area contributed by atoms with Crippen molar-refractivity contribution in [3.8, 4) is 0 Å². The standard InChI is InChI=1S/C19H20N4O4/c1-12-4-7-16(14(3)8-12)21-18(24)10-19(25)22-20-11-15-6-5-13(2)17(9-15)23(26)27/h4-9,11H,10H2,1-3H3,(H,21,24)(H,22,25). The highest BCUT2D eigenvalue weighted by molar-refractivity contribution is 6.04. The van der Waals surface area contributed by atoms with E-state index in [4.69, 9.17) is 0 Å². The molecular weight excluding hydrogens is 348 g/mol. The number of carbonyl (C=O) groups is 2. The van der Waals surface area contributed by atoms with Crippen LogP contribution in [0.25, 0.3) is 0 Å². The average molecular weight is 368 g/mol. The van der Waals surface area contributed by atoms with Crippen LogP contribution < -0.4 is 10.7 Å². The van der Waals surface area contributed by atoms with E-state index in [0.29, 0.717) is 16.8 Å². The molecule has 27 heavy (non-hydrogen) atoms. The van der Waals surface area contributed by atoms with Gasteiger partial charge in [0.1, 0.15) is 6.42 Å². The lowest BCUT2D eigenvalue weighted by Gasteiger charge is -2.08. The van der Waals surface area contributed by atoms with Gasteiger partial charge in [-0.2, -0.15) is 5.10 Å². The molecule has 2 N–H and O–H groups in total. The predicted molar refractivity (Wildman–Crippen MR) is 103 cm³/mol. The molecule has 0 spiro atoms. The maximum Gasteiger partial charge on any atom is 0.272 e. The molecule has 2 aromatic carbocycles. The van der Waals surface area contributed by atoms with Gasteiger partial charge in [-0.3, -0.25) is 19.7 Å². The average Bonchev–Trinajstić information content (AvgIpc) is 2.58. The highest BCUT2D eigenvalue weighted by Crippen LogP contribution is 2.18. The number of carbonyl (C=O) groups excluding carboxylic acids is 2. The highest BCUT2D eigenvalue weighted by atomic mass is 16.6. The Morgan fingerprint density at radius 1 is 1.07 bits per heavy atom. The van der Waals surface area contributed by atoms with E-state index in [0.717, 1.165) is 11.1 Å². The first-order valence-electron chi connectivity index (χ1n) is 8.20. The van der Waals surface area contributed by atoms with Crippen LogP contribution in [0.1, 0.15) is 28.7 Å². The van der Waals surface area contributed by atoms with E-state index >= 15 is 0 Å². The third-order valence-corrected chi connectivity index (χ3v) is 3.81. The first kappa shape index (κ1) is 19.8. The summed E-state index contributed by atoms with van der Waals surface area (Å²) < 4.78 is 0. The van der Waals surface area contributed by atoms with E-state index in [1.54, 1.807) is 25.1 Å². The lowest BCUT2D eigenvalue weighted by atomic mass is 10.1. The molecule has 0 atom stereocenters. The zero-order valence-electron chi connectivity index (χ0n) is 15.3. The minimum Gasteiger partial charge on any atom is -0.325 e. The summed E-state index contributed by atoms with van der Waals surface area (Å²) in [6, 6.07) is 10.2. The summed E-state index contributed by atoms with van der Waals surface area (Å²) >= 11 is 0. The largest absolute Gasteiger partial charge is 0.325 e. The van der Waals surface area contributed by atoms with Gasteiger partial charge in [-0.05, 0) is 32.4 Å². The van der Waals surface area contributed by atoms with Crippen molar-refractivity contribution in [1.82, 2.24) is 5.43 Å². The minimum absolute atomic E-state index is 0.0295. The summed E-state index contributed by atoms with van der Waals surface area (Å²) in [5.74, 6) is -1.05. The molecule has 2 amide bonds. The molecule has 8 heteroatoms. The van der Waals surface area contributed by atoms with Gasteiger partial charge in [0.2, 0.25) is 11.8 Å². The van der Waals surface area contributed by atoms with Crippen molar-refractivity contribution in [1.29, 1.82) is 0 Å². The Kier molecular flexibility index (Phi) is 6.37. The normalized spacial score (nSPS) is 10.6. The summed E-state index contributed by atoms with van der Waals surface area (Å²) in [4.78, 5) is 34.2. The second kappa shape index (κ2) is 8.70. The molecule has 0 bridgehead atoms. The number of hydrogen-bond acceptors (Lipinski definition) is 5. The fourth-order valence-corrected chi connectivity index (χ4v) is 2.42. The van der Waals surface area contributed by atoms with Crippen LogP contribution in [0.4, 0.5) is 11.4 Å². The third kappa shape index (κ3) is 5.74. The molecule has 2 rings (SSSR count). The summed E-state index contributed by atoms with van der Waals surface area (Å²) in [7, 11) is 0. The lowest BCUT2D eigenvalue weighted by Crippen LogP contribution is -2.24. The molecule has 140 valence electrons. The maximum atomic E-state index is 12.0. The Hall–Kier alpha value is -3.55. The summed E-state index contributed by atoms with van der Waals surface area (Å²) in [6.07, 6.45) is 0.894. The van der Waals surface area contributed by atoms with Crippen LogP contribution in [-0.4, -0.2) is 23.0 Å². The molecule has 0 aliphatic heterocycles. The Morgan fingerprint density at radius 3 is 2.48 bits per heavy atom. The number of aryl methyl sites for hydroxylation is 3. The SMILES string of the molecule is Cc1ccc(NC(=O)CC(=O)NN=Cc2ccc(C)c([N+](=O)[O-])c2)c(C)c1. The number of nitro benzene ring substituents is 1. The Balaban J connectivity index is 1.90. The second-order valence-electron chi connectivity index (χ2n) is 6.14. The van der Waals surface area contributed by atoms with Gasteiger partial charge in [0.05, 0.1) is 11.1 Å². The number of rotatable bonds is 6. The van der Waals surface area contributed by atoms with Crippen LogP contribution in [0.2, 0.25) is 0 Å². The molecule has 0 aliphatic rings. The van der Waals surface area contributed by atoms with E-state index in [1.807, 2.05) is 26.0 Å². The Labute approximate surface area is 156 Å². The number of amides is 2. The van der Waals surface area contributed by atoms with Gasteiger partial charge in [-0.1, -0.05) is 29.8 Å². The van der Waals surface area contributed by atoms with Crippen molar-refractivity contribution < 1.29 is 14.5 Å². The van der Waals surface area contributed by atoms with E-state index in [-0.39, 0.29) is 5.69 Å². The fraction of sp³-hybridized carbons (Fsp3) is 0.211. The van der Waals surface area contributed by atoms with Crippen molar-refractivity contribution in [3.05, 3.63) is 68.8 Å². The number of nitrogens with zero attached hydrogens (tertiary/aromatic N) is 2. The highest BCUT2D eigenvalue weighted by Gasteiger charge is 2.11. The molecule has 0 unspecified atom stereocenters. The van der Waals surface area contributed by atoms with Crippen LogP contribution in [0.15, 0.2) is 41.5 Å². The zero-order chi connectivity index (χ0) is 20.0. The quantitative estimate of drug-likeness (QED) is 0.353. The molecule has 2 aromatic rings. The molecule has 0 saturated heterocycles. The fourth-order valence-electron chi connectivity index (χ4n) is 2.42. The molecule has 0 heterocycles. The third-order valence-electron chi connectivity index (χ3n) is 3.81. The van der Waals surface area contributed by atoms with Crippen LogP contribution in [0.3, 0.4) is 0 Å². The number of anilines is 1. The number of nitro groups is 1. The Bertz CT molecular complexity index is 922. The summed E-state index contributed by atoms with van der Waals surface area (Å²) in [5, 5.41) is 17.3. The Morgan fingerprint density at radius 2 is 1.81 bits per heavy atom. The van der Waals surface area contributed by atoms with E-state index in [2.05, 4.69) is 15.8 Å². The molecular formula is C19H20N4O4. The molecule has 0 radical (unpaired) electrons. The van der Waals surface area contributed by atoms with Crippen LogP contribution in [-0.2, 0) is 9.59 Å². The van der Waals surface area contributed by atoms with Gasteiger partial charge in [-0.25, -0.2) is 5.43 Å². The van der Waals surface area contributed by atoms with Gasteiger partial charge in [0.25, 0.3) is 5.69 Å². The molecule has 0 fully saturated rings. The molecule has 0 aliphatic carbocycles. The first-order chi connectivity index (χ1) is 12.8. The first-order valence-corrected chi connectivity index (χ1v) is 8.20. The number of benzene rings is 2. The lowest BCUT2D eigenvalue weighted by molar-refractivity contribution is -0.385. The number of hydrazone groups is 1. The van der Waals surface area contributed by atoms with Crippen molar-refractivity contribution in [2.75, 3.05) is 5.32 Å². The van der Waals surface area contributed by atoms with Crippen LogP contribution >= 0.6 is 0 Å². The molecule has 0 saturated carbocycles. The van der Waals surface area contributed by atoms with Crippen molar-refractivity contribution in [3.63, 3.8) is 0 Å². The van der Waals surface area contributed by atoms with Gasteiger partial charge in [-0.15, -0.1) is 0 Å². The van der Waals surface area contributed by atoms with E-state index in [1.165, 1.54) is 12.3 Å². The van der Waals surface area contributed by atoms with Crippen molar-refractivity contribution in [2.24, 2.45) is 5.10 Å². The topological polar surface area (TPSA) is 114 Å². The maximum absolute atomic E-state index is 12.0. The second-order valence-corrected chi connectivity index (χ2v) is 6.14. The van der Waals surface area contributed by atoms with E-state index < -0.39 is 23.2 Å². The van der Waals surface area contributed by atoms with E-state index in [9.17, 15) is 19.7 Å². The van der Waals surface area contributed by atoms with Crippen molar-refractivity contribution in [2.45, 2.75) is 27.2 Å². The predicted octanol–water partition coefficient (Wildman–Crippen LogP) is 3.00. The number of nitrogens with one attached hydrogen (secondary N) is 2. The molecule has 0 aromatic heterocycles. The van der Waals surface area contributed by atoms with Crippen molar-refractivity contribution >= 4 is 29.4 Å². The minimum atomic E-state index is -0.588. The monoisotopic (exact) mass is 368 g/mol. The van der Waals surface area contributed by atoms with Crippen LogP contribution in [0.5, 0.6) is 0 Å². The summed E-state index contributed by atoms with van der Waals surface area (Å²) in [5.41, 5.74) is 5.83. The zero-order valence-corrected chi connectivity index (χ0v) is 15.3. The van der Waals surface area contributed by atoms with Gasteiger partial charge >= 0.3 is 0 Å². The van der Waals surface area contributed by atoms with Gasteiger partial charge < -0.3 is 5.32 Å². The molecule has 8 nitrogen and oxygen atoms in total. The summed E-state index contributed by atoms with van der Waals surface area (Å²) in [6.45, 7) is 5.45. The van der Waals surface area contributed by atoms with Gasteiger partial charge in [0.15, 0.2) is 0 Å². The van der Waals surface area contributed by atoms with Crippen LogP contribution in [0, 0.1) is 30.9 Å². The van der Waals surface area contributed by atoms with Gasteiger partial charge in [0, 0.05) is 22.9 Å².